The van der Waals surface area contributed by atoms with E-state index in [-0.39, 0.29) is 18.1 Å². The molecule has 3 heterocycles. The lowest BCUT2D eigenvalue weighted by molar-refractivity contribution is -0.118. The van der Waals surface area contributed by atoms with Crippen LogP contribution in [0, 0.1) is 0 Å². The molecule has 7 nitrogen and oxygen atoms in total. The Bertz CT molecular complexity index is 932. The molecule has 1 aromatic carbocycles. The van der Waals surface area contributed by atoms with Crippen molar-refractivity contribution < 1.29 is 4.79 Å². The molecule has 25 heavy (non-hydrogen) atoms. The number of aromatic amines is 1. The first-order valence-corrected chi connectivity index (χ1v) is 9.12. The third kappa shape index (κ3) is 2.97. The monoisotopic (exact) mass is 374 g/mol. The number of carbonyl (C=O) groups is 1. The zero-order chi connectivity index (χ0) is 17.4. The number of thioether (sulfide) groups is 1. The standard InChI is InChI=1S/C16H15ClN6OS/c1-9-16(24)23(11-5-3-2-4-10(11)17)12(22-9)6-25-15-13-14(19-7-18-13)20-8-21-15/h2-5,7-9,12,22H,6H2,1H3,(H,18,19,20,21). The van der Waals surface area contributed by atoms with Crippen LogP contribution in [0.2, 0.25) is 5.02 Å². The van der Waals surface area contributed by atoms with Crippen molar-refractivity contribution in [3.8, 4) is 0 Å². The van der Waals surface area contributed by atoms with E-state index in [0.29, 0.717) is 22.1 Å². The first kappa shape index (κ1) is 16.3. The first-order chi connectivity index (χ1) is 12.1. The summed E-state index contributed by atoms with van der Waals surface area (Å²) in [7, 11) is 0. The molecule has 2 unspecified atom stereocenters. The molecule has 2 atom stereocenters. The molecule has 0 saturated carbocycles. The fraction of sp³-hybridized carbons (Fsp3) is 0.250. The second kappa shape index (κ2) is 6.62. The van der Waals surface area contributed by atoms with Crippen molar-refractivity contribution in [3.63, 3.8) is 0 Å². The zero-order valence-corrected chi connectivity index (χ0v) is 14.9. The van der Waals surface area contributed by atoms with Crippen LogP contribution in [0.5, 0.6) is 0 Å². The van der Waals surface area contributed by atoms with Crippen LogP contribution in [-0.2, 0) is 4.79 Å². The Hall–Kier alpha value is -2.16. The quantitative estimate of drug-likeness (QED) is 0.539. The Balaban J connectivity index is 1.59. The number of nitrogens with one attached hydrogen (secondary N) is 2. The van der Waals surface area contributed by atoms with E-state index in [1.54, 1.807) is 17.3 Å². The van der Waals surface area contributed by atoms with Crippen molar-refractivity contribution in [2.45, 2.75) is 24.2 Å². The molecule has 4 rings (SSSR count). The van der Waals surface area contributed by atoms with Gasteiger partial charge in [-0.05, 0) is 19.1 Å². The molecule has 1 fully saturated rings. The molecule has 2 aromatic heterocycles. The van der Waals surface area contributed by atoms with Crippen LogP contribution in [0.4, 0.5) is 5.69 Å². The van der Waals surface area contributed by atoms with Gasteiger partial charge in [-0.3, -0.25) is 15.0 Å². The van der Waals surface area contributed by atoms with Gasteiger partial charge in [-0.2, -0.15) is 0 Å². The summed E-state index contributed by atoms with van der Waals surface area (Å²) >= 11 is 7.84. The molecule has 1 aliphatic rings. The molecule has 1 aliphatic heterocycles. The predicted octanol–water partition coefficient (Wildman–Crippen LogP) is 2.45. The molecule has 128 valence electrons. The number of amides is 1. The SMILES string of the molecule is CC1NC(CSc2ncnc3nc[nH]c23)N(c2ccccc2Cl)C1=O. The smallest absolute Gasteiger partial charge is 0.245 e. The van der Waals surface area contributed by atoms with Gasteiger partial charge in [0.05, 0.1) is 29.2 Å². The molecule has 3 aromatic rings. The van der Waals surface area contributed by atoms with E-state index in [4.69, 9.17) is 11.6 Å². The molecule has 9 heteroatoms. The van der Waals surface area contributed by atoms with E-state index in [2.05, 4.69) is 25.3 Å². The van der Waals surface area contributed by atoms with Gasteiger partial charge in [-0.25, -0.2) is 15.0 Å². The average Bonchev–Trinajstić information content (AvgIpc) is 3.19. The van der Waals surface area contributed by atoms with Gasteiger partial charge in [0.15, 0.2) is 5.65 Å². The summed E-state index contributed by atoms with van der Waals surface area (Å²) in [5.74, 6) is 0.625. The summed E-state index contributed by atoms with van der Waals surface area (Å²) in [5, 5.41) is 4.68. The maximum Gasteiger partial charge on any atom is 0.245 e. The summed E-state index contributed by atoms with van der Waals surface area (Å²) in [4.78, 5) is 30.0. The summed E-state index contributed by atoms with van der Waals surface area (Å²) in [6, 6.07) is 7.11. The maximum absolute atomic E-state index is 12.6. The Morgan fingerprint density at radius 1 is 1.28 bits per heavy atom. The number of hydrogen-bond donors (Lipinski definition) is 2. The van der Waals surface area contributed by atoms with Gasteiger partial charge >= 0.3 is 0 Å². The number of benzene rings is 1. The number of halogens is 1. The van der Waals surface area contributed by atoms with E-state index in [1.165, 1.54) is 18.1 Å². The fourth-order valence-corrected chi connectivity index (χ4v) is 4.07. The number of aromatic nitrogens is 4. The van der Waals surface area contributed by atoms with Crippen molar-refractivity contribution in [2.75, 3.05) is 10.7 Å². The Morgan fingerprint density at radius 2 is 2.12 bits per heavy atom. The molecule has 1 saturated heterocycles. The first-order valence-electron chi connectivity index (χ1n) is 7.75. The van der Waals surface area contributed by atoms with Crippen molar-refractivity contribution in [3.05, 3.63) is 41.9 Å². The molecule has 2 N–H and O–H groups in total. The highest BCUT2D eigenvalue weighted by Gasteiger charge is 2.38. The van der Waals surface area contributed by atoms with Gasteiger partial charge in [-0.1, -0.05) is 23.7 Å². The molecule has 0 spiro atoms. The third-order valence-corrected chi connectivity index (χ3v) is 5.43. The average molecular weight is 375 g/mol. The summed E-state index contributed by atoms with van der Waals surface area (Å²) in [5.41, 5.74) is 2.14. The summed E-state index contributed by atoms with van der Waals surface area (Å²) in [6.07, 6.45) is 2.91. The van der Waals surface area contributed by atoms with Crippen LogP contribution in [0.1, 0.15) is 6.92 Å². The lowest BCUT2D eigenvalue weighted by Gasteiger charge is -2.24. The van der Waals surface area contributed by atoms with Crippen LogP contribution in [0.3, 0.4) is 0 Å². The Morgan fingerprint density at radius 3 is 2.96 bits per heavy atom. The number of nitrogens with zero attached hydrogens (tertiary/aromatic N) is 4. The number of rotatable bonds is 4. The van der Waals surface area contributed by atoms with E-state index in [1.807, 2.05) is 25.1 Å². The lowest BCUT2D eigenvalue weighted by Crippen LogP contribution is -2.39. The largest absolute Gasteiger partial charge is 0.341 e. The predicted molar refractivity (Wildman–Crippen MR) is 97.7 cm³/mol. The zero-order valence-electron chi connectivity index (χ0n) is 13.3. The van der Waals surface area contributed by atoms with Crippen LogP contribution >= 0.6 is 23.4 Å². The minimum absolute atomic E-state index is 0.00748. The van der Waals surface area contributed by atoms with Crippen molar-refractivity contribution >= 4 is 46.1 Å². The van der Waals surface area contributed by atoms with Gasteiger partial charge in [0, 0.05) is 5.75 Å². The molecule has 1 amide bonds. The van der Waals surface area contributed by atoms with Crippen LogP contribution in [-0.4, -0.2) is 43.8 Å². The molecular weight excluding hydrogens is 360 g/mol. The van der Waals surface area contributed by atoms with E-state index in [0.717, 1.165) is 10.5 Å². The second-order valence-corrected chi connectivity index (χ2v) is 7.07. The number of imidazole rings is 1. The van der Waals surface area contributed by atoms with Gasteiger partial charge < -0.3 is 4.98 Å². The topological polar surface area (TPSA) is 86.8 Å². The van der Waals surface area contributed by atoms with E-state index < -0.39 is 0 Å². The Labute approximate surface area is 153 Å². The fourth-order valence-electron chi connectivity index (χ4n) is 2.86. The van der Waals surface area contributed by atoms with E-state index in [9.17, 15) is 4.79 Å². The summed E-state index contributed by atoms with van der Waals surface area (Å²) < 4.78 is 0. The van der Waals surface area contributed by atoms with Gasteiger partial charge in [0.25, 0.3) is 0 Å². The number of hydrogen-bond acceptors (Lipinski definition) is 6. The number of anilines is 1. The maximum atomic E-state index is 12.6. The highest BCUT2D eigenvalue weighted by atomic mass is 35.5. The van der Waals surface area contributed by atoms with E-state index >= 15 is 0 Å². The van der Waals surface area contributed by atoms with Crippen LogP contribution < -0.4 is 10.2 Å². The van der Waals surface area contributed by atoms with Crippen molar-refractivity contribution in [2.24, 2.45) is 0 Å². The molecular formula is C16H15ClN6OS. The number of H-pyrrole nitrogens is 1. The molecule has 0 radical (unpaired) electrons. The highest BCUT2D eigenvalue weighted by molar-refractivity contribution is 7.99. The number of carbonyl (C=O) groups excluding carboxylic acids is 1. The normalized spacial score (nSPS) is 20.6. The number of fused-ring (bicyclic) bond motifs is 1. The van der Waals surface area contributed by atoms with Crippen molar-refractivity contribution in [1.82, 2.24) is 25.3 Å². The van der Waals surface area contributed by atoms with Crippen LogP contribution in [0.25, 0.3) is 11.2 Å². The highest BCUT2D eigenvalue weighted by Crippen LogP contribution is 2.32. The number of para-hydroxylation sites is 1. The molecule has 0 aliphatic carbocycles. The lowest BCUT2D eigenvalue weighted by atomic mass is 10.2. The van der Waals surface area contributed by atoms with Crippen molar-refractivity contribution in [1.29, 1.82) is 0 Å². The van der Waals surface area contributed by atoms with Gasteiger partial charge in [-0.15, -0.1) is 11.8 Å². The molecule has 0 bridgehead atoms. The van der Waals surface area contributed by atoms with Gasteiger partial charge in [0.1, 0.15) is 16.9 Å². The van der Waals surface area contributed by atoms with Gasteiger partial charge in [0.2, 0.25) is 5.91 Å². The Kier molecular flexibility index (Phi) is 4.32. The minimum atomic E-state index is -0.264. The third-order valence-electron chi connectivity index (χ3n) is 4.04. The minimum Gasteiger partial charge on any atom is -0.341 e. The second-order valence-electron chi connectivity index (χ2n) is 5.65. The van der Waals surface area contributed by atoms with Crippen LogP contribution in [0.15, 0.2) is 41.9 Å². The summed E-state index contributed by atoms with van der Waals surface area (Å²) in [6.45, 7) is 1.86.